The SMILES string of the molecule is C#CCOCCOCCOCCOCCOc1cc(C(=O)N2CCN(C(=O)O[C@H]([C@H](O)CO)[C@@H]3OC(C(=O)O)=C[C@H](N=C(N)N)C3NC(C)=O)CC2)cc(C(=O)N2CCN(C(=O)O[C@@H]([C@@H]3OC(C(=O)O)=C[C@H](N=C(N)N)[C@H]3NC(C)=O)[C@H](O)CO)CC2)c1. The summed E-state index contributed by atoms with van der Waals surface area (Å²) in [5, 5.41) is 66.7. The second kappa shape index (κ2) is 34.5. The van der Waals surface area contributed by atoms with Crippen LogP contribution in [-0.2, 0) is 57.1 Å². The molecule has 5 rings (SSSR count). The van der Waals surface area contributed by atoms with Gasteiger partial charge >= 0.3 is 24.1 Å². The fourth-order valence-electron chi connectivity index (χ4n) is 9.40. The molecule has 4 aliphatic heterocycles. The number of carboxylic acid groups (broad SMARTS) is 2. The first-order valence-corrected chi connectivity index (χ1v) is 27.5. The van der Waals surface area contributed by atoms with Gasteiger partial charge < -0.3 is 126 Å². The molecule has 35 heteroatoms. The van der Waals surface area contributed by atoms with Crippen molar-refractivity contribution in [3.63, 3.8) is 0 Å². The number of benzene rings is 1. The number of amides is 6. The van der Waals surface area contributed by atoms with Gasteiger partial charge in [0.25, 0.3) is 11.8 Å². The van der Waals surface area contributed by atoms with Gasteiger partial charge in [-0.3, -0.25) is 19.2 Å². The maximum Gasteiger partial charge on any atom is 0.410 e. The number of carboxylic acids is 2. The summed E-state index contributed by atoms with van der Waals surface area (Å²) in [7, 11) is 0. The Kier molecular flexibility index (Phi) is 27.5. The number of nitrogens with zero attached hydrogens (tertiary/aromatic N) is 6. The van der Waals surface area contributed by atoms with Gasteiger partial charge in [0.15, 0.2) is 36.3 Å². The molecular formula is C53H76N12O23. The molecule has 2 saturated heterocycles. The quantitative estimate of drug-likeness (QED) is 0.0148. The van der Waals surface area contributed by atoms with E-state index in [1.807, 2.05) is 0 Å². The molecule has 0 spiro atoms. The van der Waals surface area contributed by atoms with Crippen LogP contribution >= 0.6 is 0 Å². The molecule has 0 aliphatic carbocycles. The number of piperazine rings is 2. The number of aliphatic imine (C=N–C) groups is 2. The molecular weight excluding hydrogens is 1170 g/mol. The smallest absolute Gasteiger partial charge is 0.410 e. The molecule has 88 heavy (non-hydrogen) atoms. The predicted octanol–water partition coefficient (Wildman–Crippen LogP) is -5.97. The second-order valence-electron chi connectivity index (χ2n) is 19.8. The average molecular weight is 1250 g/mol. The Hall–Kier alpha value is -8.76. The summed E-state index contributed by atoms with van der Waals surface area (Å²) in [5.74, 6) is -5.72. The zero-order valence-electron chi connectivity index (χ0n) is 48.3. The van der Waals surface area contributed by atoms with E-state index in [-0.39, 0.29) is 102 Å². The van der Waals surface area contributed by atoms with Crippen LogP contribution < -0.4 is 38.3 Å². The molecule has 16 N–H and O–H groups in total. The highest BCUT2D eigenvalue weighted by Crippen LogP contribution is 2.30. The van der Waals surface area contributed by atoms with Gasteiger partial charge in [0.05, 0.1) is 83.6 Å². The number of aliphatic carboxylic acids is 2. The van der Waals surface area contributed by atoms with Crippen LogP contribution in [0.2, 0.25) is 0 Å². The van der Waals surface area contributed by atoms with E-state index in [9.17, 15) is 69.0 Å². The molecule has 2 fully saturated rings. The van der Waals surface area contributed by atoms with Crippen molar-refractivity contribution in [2.24, 2.45) is 32.9 Å². The largest absolute Gasteiger partial charge is 0.491 e. The van der Waals surface area contributed by atoms with E-state index >= 15 is 0 Å². The number of aliphatic hydroxyl groups is 4. The second-order valence-corrected chi connectivity index (χ2v) is 19.8. The summed E-state index contributed by atoms with van der Waals surface area (Å²) < 4.78 is 50.3. The Balaban J connectivity index is 1.29. The molecule has 35 nitrogen and oxygen atoms in total. The number of nitrogens with one attached hydrogen (secondary N) is 2. The minimum Gasteiger partial charge on any atom is -0.491 e. The van der Waals surface area contributed by atoms with E-state index in [1.54, 1.807) is 0 Å². The molecule has 4 aliphatic rings. The van der Waals surface area contributed by atoms with Crippen LogP contribution in [0.25, 0.3) is 0 Å². The normalized spacial score (nSPS) is 21.4. The van der Waals surface area contributed by atoms with Gasteiger partial charge in [-0.15, -0.1) is 6.42 Å². The van der Waals surface area contributed by atoms with Gasteiger partial charge in [0.2, 0.25) is 23.3 Å². The monoisotopic (exact) mass is 1250 g/mol. The summed E-state index contributed by atoms with van der Waals surface area (Å²) in [6.07, 6.45) is -5.86. The first-order chi connectivity index (χ1) is 42.0. The molecule has 486 valence electrons. The van der Waals surface area contributed by atoms with Gasteiger partial charge in [-0.05, 0) is 30.4 Å². The first kappa shape index (κ1) is 70.0. The third-order valence-electron chi connectivity index (χ3n) is 13.5. The lowest BCUT2D eigenvalue weighted by atomic mass is 9.92. The van der Waals surface area contributed by atoms with Crippen molar-refractivity contribution in [3.05, 3.63) is 53.0 Å². The van der Waals surface area contributed by atoms with Gasteiger partial charge in [-0.25, -0.2) is 29.2 Å². The molecule has 0 radical (unpaired) electrons. The van der Waals surface area contributed by atoms with Gasteiger partial charge in [-0.1, -0.05) is 5.92 Å². The maximum atomic E-state index is 14.4. The van der Waals surface area contributed by atoms with Crippen molar-refractivity contribution in [2.75, 3.05) is 125 Å². The zero-order chi connectivity index (χ0) is 64.6. The maximum absolute atomic E-state index is 14.4. The molecule has 1 aromatic rings. The van der Waals surface area contributed by atoms with Crippen LogP contribution in [0.5, 0.6) is 5.75 Å². The number of nitrogens with two attached hydrogens (primary N) is 4. The fraction of sp³-hybridized carbons (Fsp3) is 0.585. The minimum atomic E-state index is -1.90. The lowest BCUT2D eigenvalue weighted by Gasteiger charge is -2.41. The van der Waals surface area contributed by atoms with Crippen molar-refractivity contribution >= 4 is 59.7 Å². The molecule has 4 heterocycles. The third-order valence-corrected chi connectivity index (χ3v) is 13.5. The first-order valence-electron chi connectivity index (χ1n) is 27.5. The van der Waals surface area contributed by atoms with Crippen molar-refractivity contribution in [1.82, 2.24) is 30.2 Å². The van der Waals surface area contributed by atoms with Crippen LogP contribution in [0.4, 0.5) is 9.59 Å². The lowest BCUT2D eigenvalue weighted by Crippen LogP contribution is -2.61. The van der Waals surface area contributed by atoms with Crippen molar-refractivity contribution < 1.29 is 112 Å². The Bertz CT molecular complexity index is 2600. The Morgan fingerprint density at radius 3 is 1.27 bits per heavy atom. The highest BCUT2D eigenvalue weighted by molar-refractivity contribution is 6.00. The van der Waals surface area contributed by atoms with E-state index < -0.39 is 145 Å². The minimum absolute atomic E-state index is 0.0144. The number of guanidine groups is 2. The summed E-state index contributed by atoms with van der Waals surface area (Å²) in [6.45, 7) is 0.958. The van der Waals surface area contributed by atoms with E-state index in [4.69, 9.17) is 72.0 Å². The number of ether oxygens (including phenoxy) is 9. The number of hydrogen-bond donors (Lipinski definition) is 12. The van der Waals surface area contributed by atoms with Crippen LogP contribution in [0.3, 0.4) is 0 Å². The lowest BCUT2D eigenvalue weighted by molar-refractivity contribution is -0.148. The van der Waals surface area contributed by atoms with Gasteiger partial charge in [0.1, 0.15) is 31.2 Å². The van der Waals surface area contributed by atoms with E-state index in [2.05, 4.69) is 26.5 Å². The summed E-state index contributed by atoms with van der Waals surface area (Å²) in [5.41, 5.74) is 22.3. The number of hydrogen-bond acceptors (Lipinski definition) is 23. The fourth-order valence-corrected chi connectivity index (χ4v) is 9.40. The standard InChI is InChI=1S/C53H76N12O23/c1-4-13-80-14-15-81-16-17-82-18-19-83-20-21-84-33-23-31(46(72)62-5-9-64(10-6-62)52(78)87-42(36(70)27-66)44-40(58-29(2)68)34(60-50(54)55)25-38(85-44)48(74)75)22-32(24-33)47(73)63-7-11-65(12-8-63)53(79)88-43(37(71)28-67)45-41(59-30(3)69)35(61-51(56)57)26-39(86-45)49(76)77/h1,22-26,34-37,40-45,66-67,70-71H,5-21,27-28H2,2-3H3,(H,58,68)(H,59,69)(H,74,75)(H,76,77)(H4,54,55,60)(H4,56,57,61)/t34-,35-,36+,37+,40+,41?,42+,43+,44+,45+/m0/s1. The zero-order valence-corrected chi connectivity index (χ0v) is 48.3. The summed E-state index contributed by atoms with van der Waals surface area (Å²) >= 11 is 0. The summed E-state index contributed by atoms with van der Waals surface area (Å²) in [6, 6.07) is -1.15. The van der Waals surface area contributed by atoms with Gasteiger partial charge in [0, 0.05) is 77.3 Å². The number of rotatable bonds is 30. The highest BCUT2D eigenvalue weighted by Gasteiger charge is 2.49. The Morgan fingerprint density at radius 1 is 0.591 bits per heavy atom. The predicted molar refractivity (Wildman–Crippen MR) is 301 cm³/mol. The van der Waals surface area contributed by atoms with E-state index in [1.165, 1.54) is 37.8 Å². The van der Waals surface area contributed by atoms with Gasteiger partial charge in [-0.2, -0.15) is 0 Å². The van der Waals surface area contributed by atoms with Crippen LogP contribution in [0.1, 0.15) is 34.6 Å². The summed E-state index contributed by atoms with van der Waals surface area (Å²) in [4.78, 5) is 118. The van der Waals surface area contributed by atoms with Crippen LogP contribution in [0.15, 0.2) is 51.9 Å². The molecule has 0 bridgehead atoms. The van der Waals surface area contributed by atoms with Crippen molar-refractivity contribution in [2.45, 2.75) is 74.6 Å². The third kappa shape index (κ3) is 20.7. The molecule has 1 unspecified atom stereocenters. The van der Waals surface area contributed by atoms with Crippen LogP contribution in [-0.4, -0.2) is 296 Å². The van der Waals surface area contributed by atoms with Crippen LogP contribution in [0, 0.1) is 12.3 Å². The average Bonchev–Trinajstić information content (AvgIpc) is 2.86. The number of terminal acetylenes is 1. The Labute approximate surface area is 504 Å². The molecule has 6 amide bonds. The van der Waals surface area contributed by atoms with Crippen molar-refractivity contribution in [1.29, 1.82) is 0 Å². The van der Waals surface area contributed by atoms with E-state index in [0.29, 0.717) is 26.4 Å². The molecule has 0 saturated carbocycles. The topological polar surface area (TPSA) is 507 Å². The van der Waals surface area contributed by atoms with Crippen molar-refractivity contribution in [3.8, 4) is 18.1 Å². The Morgan fingerprint density at radius 2 is 0.943 bits per heavy atom. The highest BCUT2D eigenvalue weighted by atomic mass is 16.6. The molecule has 1 aromatic carbocycles. The number of aliphatic hydroxyl groups excluding tert-OH is 4. The number of carbonyl (C=O) groups excluding carboxylic acids is 6. The van der Waals surface area contributed by atoms with E-state index in [0.717, 1.165) is 26.0 Å². The molecule has 10 atom stereocenters. The molecule has 0 aromatic heterocycles. The number of carbonyl (C=O) groups is 8.